The molecule has 0 bridgehead atoms. The molecule has 0 fully saturated rings. The van der Waals surface area contributed by atoms with Crippen LogP contribution in [0.15, 0.2) is 233 Å². The first kappa shape index (κ1) is 38.8. The van der Waals surface area contributed by atoms with E-state index in [2.05, 4.69) is 240 Å². The maximum Gasteiger partial charge on any atom is 0.160 e. The minimum Gasteiger partial charge on any atom is -0.456 e. The Morgan fingerprint density at radius 1 is 0.437 bits per heavy atom. The lowest BCUT2D eigenvalue weighted by Gasteiger charge is -2.32. The first-order chi connectivity index (χ1) is 35.3. The average molecular weight is 907 g/mol. The van der Waals surface area contributed by atoms with Crippen molar-refractivity contribution in [2.24, 2.45) is 0 Å². The van der Waals surface area contributed by atoms with E-state index in [4.69, 9.17) is 8.83 Å². The number of benzene rings is 10. The van der Waals surface area contributed by atoms with Crippen LogP contribution >= 0.6 is 0 Å². The zero-order valence-corrected chi connectivity index (χ0v) is 38.6. The number of anilines is 3. The number of furan rings is 2. The monoisotopic (exact) mass is 906 g/mol. The lowest BCUT2D eigenvalue weighted by atomic mass is 9.70. The fraction of sp³-hybridized carbons (Fsp3) is 0.0448. The predicted octanol–water partition coefficient (Wildman–Crippen LogP) is 17.9. The van der Waals surface area contributed by atoms with Gasteiger partial charge in [0.15, 0.2) is 11.2 Å². The summed E-state index contributed by atoms with van der Waals surface area (Å²) >= 11 is 0. The second-order valence-corrected chi connectivity index (χ2v) is 19.3. The van der Waals surface area contributed by atoms with Gasteiger partial charge in [-0.15, -0.1) is 0 Å². The Morgan fingerprint density at radius 2 is 1.06 bits per heavy atom. The van der Waals surface area contributed by atoms with Gasteiger partial charge >= 0.3 is 0 Å². The van der Waals surface area contributed by atoms with Crippen LogP contribution in [0.1, 0.15) is 39.9 Å². The number of rotatable bonds is 5. The molecule has 0 saturated carbocycles. The van der Waals surface area contributed by atoms with Crippen molar-refractivity contribution in [2.75, 3.05) is 4.90 Å². The molecule has 1 spiro atoms. The molecule has 0 saturated heterocycles. The van der Waals surface area contributed by atoms with E-state index >= 15 is 0 Å². The van der Waals surface area contributed by atoms with Gasteiger partial charge in [0.25, 0.3) is 0 Å². The molecule has 0 aliphatic heterocycles. The molecule has 0 radical (unpaired) electrons. The van der Waals surface area contributed by atoms with Crippen molar-refractivity contribution >= 4 is 77.9 Å². The first-order valence-corrected chi connectivity index (χ1v) is 24.7. The summed E-state index contributed by atoms with van der Waals surface area (Å²) < 4.78 is 17.0. The Hall–Kier alpha value is -9.12. The molecule has 332 valence electrons. The molecule has 4 heteroatoms. The Bertz CT molecular complexity index is 4360. The summed E-state index contributed by atoms with van der Waals surface area (Å²) in [6.45, 7) is 0. The highest BCUT2D eigenvalue weighted by molar-refractivity contribution is 6.22. The van der Waals surface area contributed by atoms with Gasteiger partial charge in [-0.05, 0) is 105 Å². The number of hydrogen-bond acceptors (Lipinski definition) is 3. The molecular weight excluding hydrogens is 865 g/mol. The van der Waals surface area contributed by atoms with Crippen molar-refractivity contribution < 1.29 is 8.83 Å². The SMILES string of the molecule is C1=Cc2c(n(-c3c4oc5c(N(c6ccc7c(c6)C6(c8ccccc8-c8ccccc86)c6ccccc6-7)c6ccccc6-c6ccccc6)cccc5c4cc4oc5ccccc5c34)c3ccccc23)CC1. The minimum absolute atomic E-state index is 0.509. The normalized spacial score (nSPS) is 13.9. The fourth-order valence-electron chi connectivity index (χ4n) is 13.1. The number of allylic oxidation sites excluding steroid dienone is 1. The van der Waals surface area contributed by atoms with Crippen molar-refractivity contribution in [1.29, 1.82) is 0 Å². The van der Waals surface area contributed by atoms with E-state index in [9.17, 15) is 0 Å². The number of nitrogens with zero attached hydrogens (tertiary/aromatic N) is 2. The topological polar surface area (TPSA) is 34.5 Å². The van der Waals surface area contributed by atoms with Crippen LogP contribution in [0.5, 0.6) is 0 Å². The quantitative estimate of drug-likeness (QED) is 0.173. The van der Waals surface area contributed by atoms with E-state index in [-0.39, 0.29) is 0 Å². The van der Waals surface area contributed by atoms with Gasteiger partial charge in [0.1, 0.15) is 16.9 Å². The van der Waals surface area contributed by atoms with E-state index in [1.165, 1.54) is 61.2 Å². The molecule has 4 nitrogen and oxygen atoms in total. The molecule has 3 aliphatic carbocycles. The van der Waals surface area contributed by atoms with Crippen LogP contribution in [-0.4, -0.2) is 4.57 Å². The molecule has 0 N–H and O–H groups in total. The molecule has 10 aromatic carbocycles. The predicted molar refractivity (Wildman–Crippen MR) is 292 cm³/mol. The summed E-state index contributed by atoms with van der Waals surface area (Å²) in [5.41, 5.74) is 23.2. The van der Waals surface area contributed by atoms with Crippen LogP contribution < -0.4 is 4.90 Å². The van der Waals surface area contributed by atoms with Gasteiger partial charge in [-0.3, -0.25) is 0 Å². The van der Waals surface area contributed by atoms with E-state index in [1.807, 2.05) is 0 Å². The molecule has 3 aliphatic rings. The molecule has 3 aromatic heterocycles. The third kappa shape index (κ3) is 5.13. The molecule has 0 amide bonds. The van der Waals surface area contributed by atoms with Crippen molar-refractivity contribution in [3.63, 3.8) is 0 Å². The Kier molecular flexibility index (Phi) is 7.90. The number of aromatic nitrogens is 1. The summed E-state index contributed by atoms with van der Waals surface area (Å²) in [7, 11) is 0. The average Bonchev–Trinajstić information content (AvgIpc) is 4.23. The second-order valence-electron chi connectivity index (χ2n) is 19.3. The van der Waals surface area contributed by atoms with Gasteiger partial charge in [-0.25, -0.2) is 0 Å². The van der Waals surface area contributed by atoms with Crippen molar-refractivity contribution in [3.8, 4) is 39.1 Å². The zero-order chi connectivity index (χ0) is 46.4. The number of fused-ring (bicyclic) bond motifs is 19. The van der Waals surface area contributed by atoms with Gasteiger partial charge in [0.05, 0.1) is 27.7 Å². The van der Waals surface area contributed by atoms with E-state index in [0.29, 0.717) is 0 Å². The van der Waals surface area contributed by atoms with Crippen molar-refractivity contribution in [3.05, 3.63) is 258 Å². The summed E-state index contributed by atoms with van der Waals surface area (Å²) in [5, 5.41) is 5.40. The van der Waals surface area contributed by atoms with Crippen molar-refractivity contribution in [1.82, 2.24) is 4.57 Å². The fourth-order valence-corrected chi connectivity index (χ4v) is 13.1. The van der Waals surface area contributed by atoms with Crippen LogP contribution in [0.4, 0.5) is 17.1 Å². The third-order valence-electron chi connectivity index (χ3n) is 15.9. The maximum atomic E-state index is 7.68. The van der Waals surface area contributed by atoms with Crippen LogP contribution in [-0.2, 0) is 11.8 Å². The summed E-state index contributed by atoms with van der Waals surface area (Å²) in [6.07, 6.45) is 6.51. The van der Waals surface area contributed by atoms with Gasteiger partial charge in [-0.1, -0.05) is 188 Å². The Balaban J connectivity index is 1.02. The molecule has 71 heavy (non-hydrogen) atoms. The van der Waals surface area contributed by atoms with E-state index in [1.54, 1.807) is 0 Å². The lowest BCUT2D eigenvalue weighted by molar-refractivity contribution is 0.661. The van der Waals surface area contributed by atoms with Crippen LogP contribution in [0.3, 0.4) is 0 Å². The van der Waals surface area contributed by atoms with Gasteiger partial charge in [0.2, 0.25) is 0 Å². The number of para-hydroxylation sites is 4. The highest BCUT2D eigenvalue weighted by Gasteiger charge is 2.51. The molecule has 13 aromatic rings. The molecule has 0 atom stereocenters. The summed E-state index contributed by atoms with van der Waals surface area (Å²) in [5.74, 6) is 0. The Morgan fingerprint density at radius 3 is 1.83 bits per heavy atom. The molecule has 3 heterocycles. The smallest absolute Gasteiger partial charge is 0.160 e. The second kappa shape index (κ2) is 14.5. The minimum atomic E-state index is -0.509. The largest absolute Gasteiger partial charge is 0.456 e. The van der Waals surface area contributed by atoms with Gasteiger partial charge < -0.3 is 18.3 Å². The van der Waals surface area contributed by atoms with Crippen LogP contribution in [0.2, 0.25) is 0 Å². The van der Waals surface area contributed by atoms with Crippen molar-refractivity contribution in [2.45, 2.75) is 18.3 Å². The van der Waals surface area contributed by atoms with Crippen LogP contribution in [0, 0.1) is 0 Å². The molecule has 0 unspecified atom stereocenters. The highest BCUT2D eigenvalue weighted by atomic mass is 16.3. The Labute approximate surface area is 409 Å². The number of hydrogen-bond donors (Lipinski definition) is 0. The first-order valence-electron chi connectivity index (χ1n) is 24.7. The van der Waals surface area contributed by atoms with Crippen LogP contribution in [0.25, 0.3) is 99.9 Å². The molecular formula is C67H42N2O2. The van der Waals surface area contributed by atoms with E-state index < -0.39 is 5.41 Å². The molecule has 16 rings (SSSR count). The van der Waals surface area contributed by atoms with Gasteiger partial charge in [0, 0.05) is 44.1 Å². The lowest BCUT2D eigenvalue weighted by Crippen LogP contribution is -2.26. The van der Waals surface area contributed by atoms with Gasteiger partial charge in [-0.2, -0.15) is 0 Å². The maximum absolute atomic E-state index is 7.68. The standard InChI is InChI=1S/C67H42N2O2/c1-2-19-41(20-3-1)43-21-7-14-32-57(43)68(42-37-38-47-46-24-6-13-31-55(46)67(56(47)39-42)53-29-11-4-22-44(53)45-23-5-12-30-54(45)67)60-35-18-28-50-52-40-62-63(51-27-10-17-36-61(51)70-62)64(66(52)71-65(50)60)69-58-33-15-8-25-48(58)49-26-9-16-34-59(49)69/h1-15,17-33,35-40H,16,34H2. The zero-order valence-electron chi connectivity index (χ0n) is 38.6. The summed E-state index contributed by atoms with van der Waals surface area (Å²) in [4.78, 5) is 2.45. The highest BCUT2D eigenvalue weighted by Crippen LogP contribution is 2.63. The van der Waals surface area contributed by atoms with E-state index in [0.717, 1.165) is 96.1 Å². The third-order valence-corrected chi connectivity index (χ3v) is 15.9. The summed E-state index contributed by atoms with van der Waals surface area (Å²) in [6, 6.07) is 80.0.